The number of amides is 2. The minimum absolute atomic E-state index is 0.0883. The lowest BCUT2D eigenvalue weighted by atomic mass is 10.1. The average molecular weight is 369 g/mol. The Balaban J connectivity index is 1.75. The number of aryl methyl sites for hydroxylation is 2. The number of carbonyl (C=O) groups excluding carboxylic acids is 2. The van der Waals surface area contributed by atoms with Crippen LogP contribution in [0.5, 0.6) is 0 Å². The van der Waals surface area contributed by atoms with Crippen molar-refractivity contribution in [3.63, 3.8) is 0 Å². The van der Waals surface area contributed by atoms with Crippen LogP contribution in [0, 0.1) is 13.8 Å². The Morgan fingerprint density at radius 2 is 2.08 bits per heavy atom. The quantitative estimate of drug-likeness (QED) is 0.751. The Bertz CT molecular complexity index is 984. The van der Waals surface area contributed by atoms with Gasteiger partial charge in [0.2, 0.25) is 5.91 Å². The third-order valence-electron chi connectivity index (χ3n) is 3.65. The third kappa shape index (κ3) is 4.58. The molecule has 0 aliphatic rings. The monoisotopic (exact) mass is 369 g/mol. The van der Waals surface area contributed by atoms with Crippen molar-refractivity contribution in [2.75, 3.05) is 0 Å². The number of hydrogen-bond acceptors (Lipinski definition) is 4. The Labute approximate surface area is 154 Å². The van der Waals surface area contributed by atoms with Crippen molar-refractivity contribution in [3.8, 4) is 0 Å². The summed E-state index contributed by atoms with van der Waals surface area (Å²) in [5.74, 6) is 0.188. The second kappa shape index (κ2) is 7.97. The van der Waals surface area contributed by atoms with Gasteiger partial charge in [-0.25, -0.2) is 0 Å². The molecule has 0 radical (unpaired) electrons. The molecule has 0 aliphatic carbocycles. The van der Waals surface area contributed by atoms with Crippen LogP contribution in [0.15, 0.2) is 58.3 Å². The van der Waals surface area contributed by atoms with E-state index in [0.29, 0.717) is 22.7 Å². The number of aromatic nitrogens is 1. The molecule has 0 aliphatic heterocycles. The number of benzene rings is 1. The van der Waals surface area contributed by atoms with Crippen molar-refractivity contribution >= 4 is 23.2 Å². The van der Waals surface area contributed by atoms with Crippen molar-refractivity contribution < 1.29 is 14.0 Å². The molecule has 0 fully saturated rings. The zero-order valence-electron chi connectivity index (χ0n) is 14.6. The summed E-state index contributed by atoms with van der Waals surface area (Å²) in [6.07, 6.45) is 3.38. The zero-order chi connectivity index (χ0) is 18.5. The molecule has 2 aromatic heterocycles. The van der Waals surface area contributed by atoms with Gasteiger partial charge in [0.05, 0.1) is 12.8 Å². The van der Waals surface area contributed by atoms with E-state index < -0.39 is 0 Å². The summed E-state index contributed by atoms with van der Waals surface area (Å²) in [5, 5.41) is 2.79. The number of hydrogen-bond donors (Lipinski definition) is 1. The van der Waals surface area contributed by atoms with Gasteiger partial charge < -0.3 is 14.3 Å². The summed E-state index contributed by atoms with van der Waals surface area (Å²) < 4.78 is 6.88. The van der Waals surface area contributed by atoms with E-state index in [1.807, 2.05) is 32.2 Å². The molecule has 2 amide bonds. The predicted molar refractivity (Wildman–Crippen MR) is 98.7 cm³/mol. The van der Waals surface area contributed by atoms with Crippen molar-refractivity contribution in [2.45, 2.75) is 26.9 Å². The molecule has 1 aromatic carbocycles. The fraction of sp³-hybridized carbons (Fsp3) is 0.211. The van der Waals surface area contributed by atoms with Gasteiger partial charge in [0.25, 0.3) is 5.91 Å². The first-order valence-corrected chi connectivity index (χ1v) is 8.94. The molecule has 0 bridgehead atoms. The normalized spacial score (nSPS) is 11.5. The van der Waals surface area contributed by atoms with Crippen LogP contribution in [0.2, 0.25) is 0 Å². The fourth-order valence-electron chi connectivity index (χ4n) is 2.44. The van der Waals surface area contributed by atoms with Crippen LogP contribution < -0.4 is 10.1 Å². The molecule has 1 N–H and O–H groups in total. The first-order chi connectivity index (χ1) is 12.5. The number of furan rings is 1. The molecule has 2 heterocycles. The molecule has 134 valence electrons. The molecule has 0 spiro atoms. The lowest BCUT2D eigenvalue weighted by Crippen LogP contribution is -2.30. The van der Waals surface area contributed by atoms with Gasteiger partial charge in [0.15, 0.2) is 4.80 Å². The Kier molecular flexibility index (Phi) is 5.48. The maximum Gasteiger partial charge on any atom is 0.279 e. The van der Waals surface area contributed by atoms with E-state index in [1.165, 1.54) is 11.3 Å². The summed E-state index contributed by atoms with van der Waals surface area (Å²) >= 11 is 1.38. The molecule has 0 atom stereocenters. The third-order valence-corrected chi connectivity index (χ3v) is 4.59. The summed E-state index contributed by atoms with van der Waals surface area (Å²) in [4.78, 5) is 30.3. The smallest absolute Gasteiger partial charge is 0.279 e. The Hall–Kier alpha value is -2.93. The zero-order valence-corrected chi connectivity index (χ0v) is 15.4. The van der Waals surface area contributed by atoms with E-state index >= 15 is 0 Å². The number of rotatable bonds is 5. The number of carbonyl (C=O) groups is 2. The van der Waals surface area contributed by atoms with E-state index in [0.717, 1.165) is 10.4 Å². The first-order valence-electron chi connectivity index (χ1n) is 8.13. The summed E-state index contributed by atoms with van der Waals surface area (Å²) in [7, 11) is 0. The van der Waals surface area contributed by atoms with Crippen molar-refractivity contribution in [2.24, 2.45) is 4.99 Å². The van der Waals surface area contributed by atoms with Crippen LogP contribution in [0.25, 0.3) is 0 Å². The van der Waals surface area contributed by atoms with Gasteiger partial charge in [-0.15, -0.1) is 11.3 Å². The van der Waals surface area contributed by atoms with Crippen LogP contribution in [0.1, 0.15) is 26.6 Å². The van der Waals surface area contributed by atoms with Gasteiger partial charge in [-0.2, -0.15) is 4.99 Å². The van der Waals surface area contributed by atoms with E-state index in [4.69, 9.17) is 4.42 Å². The molecule has 3 aromatic rings. The average Bonchev–Trinajstić information content (AvgIpc) is 3.23. The molecule has 6 nitrogen and oxygen atoms in total. The van der Waals surface area contributed by atoms with Crippen LogP contribution in [0.3, 0.4) is 0 Å². The SMILES string of the molecule is Cc1cccc(C(=O)N=c2sc(C)cn2CC(=O)NCc2ccco2)c1. The molecule has 0 unspecified atom stereocenters. The van der Waals surface area contributed by atoms with Gasteiger partial charge in [-0.3, -0.25) is 9.59 Å². The van der Waals surface area contributed by atoms with Gasteiger partial charge in [0.1, 0.15) is 12.3 Å². The highest BCUT2D eigenvalue weighted by molar-refractivity contribution is 7.09. The van der Waals surface area contributed by atoms with Gasteiger partial charge in [-0.1, -0.05) is 17.7 Å². The van der Waals surface area contributed by atoms with Crippen LogP contribution >= 0.6 is 11.3 Å². The maximum atomic E-state index is 12.4. The molecular formula is C19H19N3O3S. The van der Waals surface area contributed by atoms with Crippen molar-refractivity contribution in [3.05, 3.63) is 75.4 Å². The van der Waals surface area contributed by atoms with Gasteiger partial charge >= 0.3 is 0 Å². The van der Waals surface area contributed by atoms with Crippen molar-refractivity contribution in [1.29, 1.82) is 0 Å². The summed E-state index contributed by atoms with van der Waals surface area (Å²) in [5.41, 5.74) is 1.53. The van der Waals surface area contributed by atoms with Crippen molar-refractivity contribution in [1.82, 2.24) is 9.88 Å². The highest BCUT2D eigenvalue weighted by Gasteiger charge is 2.09. The Morgan fingerprint density at radius 3 is 2.81 bits per heavy atom. The summed E-state index contributed by atoms with van der Waals surface area (Å²) in [6.45, 7) is 4.25. The number of nitrogens with zero attached hydrogens (tertiary/aromatic N) is 2. The van der Waals surface area contributed by atoms with E-state index in [2.05, 4.69) is 10.3 Å². The minimum atomic E-state index is -0.319. The lowest BCUT2D eigenvalue weighted by molar-refractivity contribution is -0.121. The second-order valence-corrected chi connectivity index (χ2v) is 7.11. The fourth-order valence-corrected chi connectivity index (χ4v) is 3.27. The molecular weight excluding hydrogens is 350 g/mol. The van der Waals surface area contributed by atoms with Crippen LogP contribution in [-0.2, 0) is 17.9 Å². The van der Waals surface area contributed by atoms with Gasteiger partial charge in [0, 0.05) is 16.6 Å². The van der Waals surface area contributed by atoms with E-state index in [-0.39, 0.29) is 18.4 Å². The first kappa shape index (κ1) is 17.9. The Morgan fingerprint density at radius 1 is 1.23 bits per heavy atom. The predicted octanol–water partition coefficient (Wildman–Crippen LogP) is 2.82. The van der Waals surface area contributed by atoms with Gasteiger partial charge in [-0.05, 0) is 38.1 Å². The van der Waals surface area contributed by atoms with Crippen LogP contribution in [0.4, 0.5) is 0 Å². The number of thiazole rings is 1. The summed E-state index contributed by atoms with van der Waals surface area (Å²) in [6, 6.07) is 10.9. The second-order valence-electron chi connectivity index (χ2n) is 5.89. The highest BCUT2D eigenvalue weighted by Crippen LogP contribution is 2.07. The highest BCUT2D eigenvalue weighted by atomic mass is 32.1. The maximum absolute atomic E-state index is 12.4. The largest absolute Gasteiger partial charge is 0.467 e. The molecule has 3 rings (SSSR count). The molecule has 26 heavy (non-hydrogen) atoms. The van der Waals surface area contributed by atoms with E-state index in [1.54, 1.807) is 35.1 Å². The lowest BCUT2D eigenvalue weighted by Gasteiger charge is -2.04. The molecule has 0 saturated carbocycles. The van der Waals surface area contributed by atoms with E-state index in [9.17, 15) is 9.59 Å². The standard InChI is InChI=1S/C19H19N3O3S/c1-13-5-3-6-15(9-13)18(24)21-19-22(11-14(2)26-19)12-17(23)20-10-16-7-4-8-25-16/h3-9,11H,10,12H2,1-2H3,(H,20,23). The number of nitrogens with one attached hydrogen (secondary N) is 1. The topological polar surface area (TPSA) is 76.6 Å². The van der Waals surface area contributed by atoms with Crippen LogP contribution in [-0.4, -0.2) is 16.4 Å². The molecule has 0 saturated heterocycles. The minimum Gasteiger partial charge on any atom is -0.467 e. The molecule has 7 heteroatoms.